The van der Waals surface area contributed by atoms with Gasteiger partial charge in [0, 0.05) is 29.2 Å². The quantitative estimate of drug-likeness (QED) is 0.695. The van der Waals surface area contributed by atoms with E-state index in [0.29, 0.717) is 21.6 Å². The predicted octanol–water partition coefficient (Wildman–Crippen LogP) is 2.47. The van der Waals surface area contributed by atoms with E-state index in [-0.39, 0.29) is 6.42 Å². The minimum Gasteiger partial charge on any atom is -0.448 e. The number of benzene rings is 1. The molecule has 1 aromatic carbocycles. The Hall–Kier alpha value is -2.86. The van der Waals surface area contributed by atoms with Gasteiger partial charge in [-0.1, -0.05) is 23.7 Å². The van der Waals surface area contributed by atoms with Crippen molar-refractivity contribution in [3.63, 3.8) is 0 Å². The van der Waals surface area contributed by atoms with E-state index in [1.807, 2.05) is 0 Å². The molecule has 0 aliphatic rings. The molecule has 6 nitrogen and oxygen atoms in total. The minimum atomic E-state index is -1.07. The number of esters is 1. The van der Waals surface area contributed by atoms with Gasteiger partial charge in [-0.25, -0.2) is 9.78 Å². The van der Waals surface area contributed by atoms with Crippen molar-refractivity contribution in [1.29, 1.82) is 0 Å². The van der Waals surface area contributed by atoms with Gasteiger partial charge in [0.2, 0.25) is 0 Å². The molecule has 1 atom stereocenters. The van der Waals surface area contributed by atoms with Crippen LogP contribution in [0.1, 0.15) is 15.9 Å². The lowest BCUT2D eigenvalue weighted by atomic mass is 10.1. The van der Waals surface area contributed by atoms with Crippen molar-refractivity contribution in [3.8, 4) is 0 Å². The number of rotatable bonds is 5. The fourth-order valence-corrected chi connectivity index (χ4v) is 2.49. The van der Waals surface area contributed by atoms with E-state index in [4.69, 9.17) is 22.1 Å². The fourth-order valence-electron chi connectivity index (χ4n) is 2.37. The number of ether oxygens (including phenoxy) is 1. The Morgan fingerprint density at radius 3 is 2.67 bits per heavy atom. The van der Waals surface area contributed by atoms with E-state index >= 15 is 0 Å². The van der Waals surface area contributed by atoms with E-state index in [1.54, 1.807) is 42.6 Å². The zero-order valence-electron chi connectivity index (χ0n) is 12.5. The first-order valence-corrected chi connectivity index (χ1v) is 7.59. The zero-order chi connectivity index (χ0) is 17.1. The lowest BCUT2D eigenvalue weighted by Crippen LogP contribution is -2.35. The van der Waals surface area contributed by atoms with Crippen molar-refractivity contribution in [1.82, 2.24) is 9.97 Å². The maximum absolute atomic E-state index is 12.4. The summed E-state index contributed by atoms with van der Waals surface area (Å²) in [6, 6.07) is 10.2. The average molecular weight is 344 g/mol. The van der Waals surface area contributed by atoms with Crippen LogP contribution in [0.5, 0.6) is 0 Å². The number of nitrogens with one attached hydrogen (secondary N) is 1. The van der Waals surface area contributed by atoms with Crippen molar-refractivity contribution in [2.75, 3.05) is 0 Å². The summed E-state index contributed by atoms with van der Waals surface area (Å²) < 4.78 is 5.32. The van der Waals surface area contributed by atoms with Gasteiger partial charge in [0.15, 0.2) is 6.10 Å². The van der Waals surface area contributed by atoms with Gasteiger partial charge in [-0.2, -0.15) is 0 Å². The molecule has 3 N–H and O–H groups in total. The molecule has 0 saturated heterocycles. The van der Waals surface area contributed by atoms with Gasteiger partial charge in [-0.05, 0) is 29.8 Å². The number of nitrogens with two attached hydrogens (primary N) is 1. The first-order valence-electron chi connectivity index (χ1n) is 7.21. The van der Waals surface area contributed by atoms with Gasteiger partial charge < -0.3 is 15.5 Å². The number of primary amides is 1. The standard InChI is InChI=1S/C17H14ClN3O3/c18-11-3-1-10(2-4-11)9-14(15(19)22)24-17(23)13-6-8-21-16-12(13)5-7-20-16/h1-8,14H,9H2,(H2,19,22)(H,20,21). The van der Waals surface area contributed by atoms with E-state index < -0.39 is 18.0 Å². The Labute approximate surface area is 142 Å². The molecular weight excluding hydrogens is 330 g/mol. The van der Waals surface area contributed by atoms with E-state index in [1.165, 1.54) is 6.20 Å². The number of carbonyl (C=O) groups is 2. The second-order valence-corrected chi connectivity index (χ2v) is 5.66. The average Bonchev–Trinajstić information content (AvgIpc) is 3.04. The van der Waals surface area contributed by atoms with Crippen LogP contribution in [0.4, 0.5) is 0 Å². The van der Waals surface area contributed by atoms with Crippen molar-refractivity contribution in [2.45, 2.75) is 12.5 Å². The zero-order valence-corrected chi connectivity index (χ0v) is 13.3. The number of H-pyrrole nitrogens is 1. The number of pyridine rings is 1. The second kappa shape index (κ2) is 6.72. The van der Waals surface area contributed by atoms with Crippen LogP contribution in [0.3, 0.4) is 0 Å². The third kappa shape index (κ3) is 3.38. The molecule has 2 aromatic heterocycles. The molecule has 3 aromatic rings. The smallest absolute Gasteiger partial charge is 0.339 e. The number of aromatic amines is 1. The van der Waals surface area contributed by atoms with Crippen molar-refractivity contribution >= 4 is 34.5 Å². The SMILES string of the molecule is NC(=O)C(Cc1ccc(Cl)cc1)OC(=O)c1ccnc2[nH]ccc12. The molecule has 3 rings (SSSR count). The van der Waals surface area contributed by atoms with E-state index in [2.05, 4.69) is 9.97 Å². The van der Waals surface area contributed by atoms with Crippen molar-refractivity contribution in [2.24, 2.45) is 5.73 Å². The van der Waals surface area contributed by atoms with Crippen LogP contribution in [0.2, 0.25) is 5.02 Å². The Balaban J connectivity index is 1.80. The third-order valence-electron chi connectivity index (χ3n) is 3.58. The number of fused-ring (bicyclic) bond motifs is 1. The van der Waals surface area contributed by atoms with Gasteiger partial charge in [0.1, 0.15) is 5.65 Å². The number of hydrogen-bond donors (Lipinski definition) is 2. The summed E-state index contributed by atoms with van der Waals surface area (Å²) in [7, 11) is 0. The number of nitrogens with zero attached hydrogens (tertiary/aromatic N) is 1. The maximum atomic E-state index is 12.4. The lowest BCUT2D eigenvalue weighted by molar-refractivity contribution is -0.126. The number of carbonyl (C=O) groups excluding carboxylic acids is 2. The van der Waals surface area contributed by atoms with Crippen LogP contribution in [0.15, 0.2) is 48.8 Å². The Morgan fingerprint density at radius 1 is 1.21 bits per heavy atom. The molecule has 24 heavy (non-hydrogen) atoms. The highest BCUT2D eigenvalue weighted by atomic mass is 35.5. The topological polar surface area (TPSA) is 98.1 Å². The molecule has 7 heteroatoms. The molecule has 0 radical (unpaired) electrons. The van der Waals surface area contributed by atoms with Gasteiger partial charge in [0.25, 0.3) is 5.91 Å². The van der Waals surface area contributed by atoms with Crippen LogP contribution in [-0.4, -0.2) is 27.9 Å². The molecule has 0 saturated carbocycles. The number of halogens is 1. The summed E-state index contributed by atoms with van der Waals surface area (Å²) in [6.45, 7) is 0. The van der Waals surface area contributed by atoms with Crippen LogP contribution in [0.25, 0.3) is 11.0 Å². The molecule has 0 aliphatic heterocycles. The number of hydrogen-bond acceptors (Lipinski definition) is 4. The molecule has 0 spiro atoms. The second-order valence-electron chi connectivity index (χ2n) is 5.23. The predicted molar refractivity (Wildman–Crippen MR) is 89.6 cm³/mol. The molecule has 1 unspecified atom stereocenters. The summed E-state index contributed by atoms with van der Waals surface area (Å²) in [5.41, 5.74) is 7.05. The van der Waals surface area contributed by atoms with Crippen LogP contribution in [-0.2, 0) is 16.0 Å². The van der Waals surface area contributed by atoms with Gasteiger partial charge in [0.05, 0.1) is 5.56 Å². The Morgan fingerprint density at radius 2 is 1.96 bits per heavy atom. The molecule has 122 valence electrons. The van der Waals surface area contributed by atoms with Crippen LogP contribution < -0.4 is 5.73 Å². The highest BCUT2D eigenvalue weighted by Gasteiger charge is 2.23. The third-order valence-corrected chi connectivity index (χ3v) is 3.83. The molecule has 1 amide bonds. The normalized spacial score (nSPS) is 12.0. The van der Waals surface area contributed by atoms with Gasteiger partial charge >= 0.3 is 5.97 Å². The monoisotopic (exact) mass is 343 g/mol. The van der Waals surface area contributed by atoms with Gasteiger partial charge in [-0.3, -0.25) is 4.79 Å². The maximum Gasteiger partial charge on any atom is 0.339 e. The lowest BCUT2D eigenvalue weighted by Gasteiger charge is -2.15. The largest absolute Gasteiger partial charge is 0.448 e. The Bertz CT molecular complexity index is 889. The van der Waals surface area contributed by atoms with E-state index in [0.717, 1.165) is 5.56 Å². The molecule has 0 fully saturated rings. The Kier molecular flexibility index (Phi) is 4.48. The summed E-state index contributed by atoms with van der Waals surface area (Å²) in [5, 5.41) is 1.20. The molecule has 0 bridgehead atoms. The van der Waals surface area contributed by atoms with Crippen molar-refractivity contribution < 1.29 is 14.3 Å². The van der Waals surface area contributed by atoms with Crippen molar-refractivity contribution in [3.05, 3.63) is 64.9 Å². The van der Waals surface area contributed by atoms with Crippen LogP contribution >= 0.6 is 11.6 Å². The van der Waals surface area contributed by atoms with E-state index in [9.17, 15) is 9.59 Å². The minimum absolute atomic E-state index is 0.180. The molecule has 2 heterocycles. The summed E-state index contributed by atoms with van der Waals surface area (Å²) in [4.78, 5) is 31.1. The summed E-state index contributed by atoms with van der Waals surface area (Å²) >= 11 is 5.83. The number of aromatic nitrogens is 2. The fraction of sp³-hybridized carbons (Fsp3) is 0.118. The first-order chi connectivity index (χ1) is 11.5. The first kappa shape index (κ1) is 16.0. The molecular formula is C17H14ClN3O3. The molecule has 0 aliphatic carbocycles. The number of amides is 1. The van der Waals surface area contributed by atoms with Gasteiger partial charge in [-0.15, -0.1) is 0 Å². The summed E-state index contributed by atoms with van der Waals surface area (Å²) in [5.74, 6) is -1.34. The van der Waals surface area contributed by atoms with Crippen LogP contribution in [0, 0.1) is 0 Å². The highest BCUT2D eigenvalue weighted by Crippen LogP contribution is 2.18. The highest BCUT2D eigenvalue weighted by molar-refractivity contribution is 6.30. The summed E-state index contributed by atoms with van der Waals surface area (Å²) in [6.07, 6.45) is 2.28.